The van der Waals surface area contributed by atoms with Crippen molar-refractivity contribution in [1.82, 2.24) is 25.6 Å². The van der Waals surface area contributed by atoms with Crippen molar-refractivity contribution in [3.05, 3.63) is 83.9 Å². The van der Waals surface area contributed by atoms with Crippen LogP contribution in [0.4, 0.5) is 0 Å². The molecule has 28 heavy (non-hydrogen) atoms. The van der Waals surface area contributed by atoms with Crippen LogP contribution in [0.2, 0.25) is 0 Å². The van der Waals surface area contributed by atoms with Crippen LogP contribution in [0.3, 0.4) is 0 Å². The maximum atomic E-state index is 5.82. The number of hydrogen-bond donors (Lipinski definition) is 1. The van der Waals surface area contributed by atoms with Crippen LogP contribution in [0.5, 0.6) is 0 Å². The molecule has 0 aliphatic rings. The second kappa shape index (κ2) is 6.92. The molecular formula is C22H15N5O. The summed E-state index contributed by atoms with van der Waals surface area (Å²) in [5.41, 5.74) is 5.77. The van der Waals surface area contributed by atoms with Crippen molar-refractivity contribution in [1.29, 1.82) is 0 Å². The lowest BCUT2D eigenvalue weighted by atomic mass is 10.1. The highest BCUT2D eigenvalue weighted by atomic mass is 16.3. The van der Waals surface area contributed by atoms with Crippen LogP contribution < -0.4 is 0 Å². The lowest BCUT2D eigenvalue weighted by Crippen LogP contribution is -1.81. The van der Waals surface area contributed by atoms with Gasteiger partial charge in [-0.25, -0.2) is 10.1 Å². The Bertz CT molecular complexity index is 1200. The maximum Gasteiger partial charge on any atom is 0.227 e. The molecule has 0 saturated heterocycles. The van der Waals surface area contributed by atoms with E-state index in [1.165, 1.54) is 0 Å². The van der Waals surface area contributed by atoms with Crippen LogP contribution in [0.1, 0.15) is 11.1 Å². The first-order chi connectivity index (χ1) is 13.8. The van der Waals surface area contributed by atoms with Crippen molar-refractivity contribution < 1.29 is 4.42 Å². The van der Waals surface area contributed by atoms with Gasteiger partial charge in [0.05, 0.1) is 0 Å². The van der Waals surface area contributed by atoms with Crippen LogP contribution in [0.15, 0.2) is 77.2 Å². The number of hydrogen-bond acceptors (Lipinski definition) is 5. The summed E-state index contributed by atoms with van der Waals surface area (Å²) in [6.45, 7) is 0. The van der Waals surface area contributed by atoms with Crippen molar-refractivity contribution in [2.45, 2.75) is 0 Å². The average Bonchev–Trinajstić information content (AvgIpc) is 3.43. The molecule has 3 aromatic carbocycles. The van der Waals surface area contributed by atoms with E-state index in [0.717, 1.165) is 33.4 Å². The Hall–Kier alpha value is -4.06. The minimum absolute atomic E-state index is 0.634. The van der Waals surface area contributed by atoms with E-state index in [9.17, 15) is 0 Å². The summed E-state index contributed by atoms with van der Waals surface area (Å²) < 4.78 is 5.82. The molecule has 6 heteroatoms. The fraction of sp³-hybridized carbons (Fsp3) is 0. The Morgan fingerprint density at radius 3 is 2.07 bits per heavy atom. The van der Waals surface area contributed by atoms with E-state index in [1.54, 1.807) is 0 Å². The van der Waals surface area contributed by atoms with Crippen LogP contribution in [0.25, 0.3) is 46.1 Å². The van der Waals surface area contributed by atoms with Crippen molar-refractivity contribution in [3.63, 3.8) is 0 Å². The van der Waals surface area contributed by atoms with Crippen LogP contribution in [-0.4, -0.2) is 25.6 Å². The quantitative estimate of drug-likeness (QED) is 0.461. The summed E-state index contributed by atoms with van der Waals surface area (Å²) in [4.78, 5) is 4.53. The number of fused-ring (bicyclic) bond motifs is 1. The molecule has 0 atom stereocenters. The number of benzene rings is 3. The molecule has 0 spiro atoms. The third-order valence-corrected chi connectivity index (χ3v) is 4.45. The highest BCUT2D eigenvalue weighted by Gasteiger charge is 2.07. The van der Waals surface area contributed by atoms with E-state index in [-0.39, 0.29) is 0 Å². The van der Waals surface area contributed by atoms with Crippen LogP contribution in [0, 0.1) is 0 Å². The second-order valence-electron chi connectivity index (χ2n) is 6.31. The molecule has 0 unspecified atom stereocenters. The molecule has 0 aliphatic heterocycles. The van der Waals surface area contributed by atoms with Gasteiger partial charge >= 0.3 is 0 Å². The topological polar surface area (TPSA) is 80.5 Å². The van der Waals surface area contributed by atoms with Crippen molar-refractivity contribution in [3.8, 4) is 22.8 Å². The van der Waals surface area contributed by atoms with E-state index >= 15 is 0 Å². The Balaban J connectivity index is 1.33. The Morgan fingerprint density at radius 2 is 1.43 bits per heavy atom. The summed E-state index contributed by atoms with van der Waals surface area (Å²) in [7, 11) is 0. The lowest BCUT2D eigenvalue weighted by molar-refractivity contribution is 0.620. The molecule has 2 aromatic heterocycles. The zero-order valence-corrected chi connectivity index (χ0v) is 14.8. The Morgan fingerprint density at radius 1 is 0.750 bits per heavy atom. The number of nitrogens with one attached hydrogen (secondary N) is 1. The van der Waals surface area contributed by atoms with Gasteiger partial charge in [0.2, 0.25) is 5.89 Å². The summed E-state index contributed by atoms with van der Waals surface area (Å²) in [5, 5.41) is 13.8. The molecule has 2 heterocycles. The average molecular weight is 365 g/mol. The van der Waals surface area contributed by atoms with Gasteiger partial charge in [-0.05, 0) is 45.8 Å². The second-order valence-corrected chi connectivity index (χ2v) is 6.31. The number of rotatable bonds is 4. The summed E-state index contributed by atoms with van der Waals surface area (Å²) in [6, 6.07) is 23.9. The molecule has 0 aliphatic carbocycles. The van der Waals surface area contributed by atoms with Gasteiger partial charge in [0.1, 0.15) is 5.52 Å². The minimum Gasteiger partial charge on any atom is -0.436 e. The van der Waals surface area contributed by atoms with Crippen molar-refractivity contribution >= 4 is 23.3 Å². The van der Waals surface area contributed by atoms with E-state index in [4.69, 9.17) is 4.42 Å². The minimum atomic E-state index is 0.634. The SMILES string of the molecule is C(=C\c1ccc(-c2nc3ccccc3o2)cc1)/c1ccc(-c2nnn[nH]2)cc1. The predicted molar refractivity (Wildman–Crippen MR) is 108 cm³/mol. The molecule has 0 fully saturated rings. The number of para-hydroxylation sites is 2. The Kier molecular flexibility index (Phi) is 3.99. The first kappa shape index (κ1) is 16.1. The van der Waals surface area contributed by atoms with Gasteiger partial charge in [0.15, 0.2) is 11.4 Å². The first-order valence-electron chi connectivity index (χ1n) is 8.83. The number of nitrogens with zero attached hydrogens (tertiary/aromatic N) is 4. The molecule has 134 valence electrons. The third-order valence-electron chi connectivity index (χ3n) is 4.45. The molecular weight excluding hydrogens is 350 g/mol. The van der Waals surface area contributed by atoms with E-state index in [2.05, 4.69) is 49.9 Å². The van der Waals surface area contributed by atoms with Crippen LogP contribution in [-0.2, 0) is 0 Å². The van der Waals surface area contributed by atoms with E-state index < -0.39 is 0 Å². The zero-order valence-electron chi connectivity index (χ0n) is 14.8. The smallest absolute Gasteiger partial charge is 0.227 e. The molecule has 0 bridgehead atoms. The first-order valence-corrected chi connectivity index (χ1v) is 8.83. The molecule has 5 rings (SSSR count). The molecule has 0 radical (unpaired) electrons. The summed E-state index contributed by atoms with van der Waals surface area (Å²) >= 11 is 0. The molecule has 5 aromatic rings. The van der Waals surface area contributed by atoms with Gasteiger partial charge in [-0.2, -0.15) is 0 Å². The fourth-order valence-corrected chi connectivity index (χ4v) is 2.96. The lowest BCUT2D eigenvalue weighted by Gasteiger charge is -1.99. The number of oxazole rings is 1. The number of aromatic amines is 1. The van der Waals surface area contributed by atoms with Gasteiger partial charge in [-0.1, -0.05) is 60.7 Å². The van der Waals surface area contributed by atoms with Crippen molar-refractivity contribution in [2.75, 3.05) is 0 Å². The zero-order chi connectivity index (χ0) is 18.8. The third kappa shape index (κ3) is 3.19. The monoisotopic (exact) mass is 365 g/mol. The normalized spacial score (nSPS) is 11.4. The standard InChI is InChI=1S/C22H15N5O/c1-2-4-20-19(3-1)23-22(28-20)18-13-9-16(10-14-18)6-5-15-7-11-17(12-8-15)21-24-26-27-25-21/h1-14H,(H,24,25,26,27)/b6-5+. The number of tetrazole rings is 1. The highest BCUT2D eigenvalue weighted by molar-refractivity contribution is 5.77. The number of H-pyrrole nitrogens is 1. The van der Waals surface area contributed by atoms with Gasteiger partial charge in [-0.3, -0.25) is 0 Å². The molecule has 0 saturated carbocycles. The van der Waals surface area contributed by atoms with Gasteiger partial charge in [-0.15, -0.1) is 5.10 Å². The molecule has 1 N–H and O–H groups in total. The predicted octanol–water partition coefficient (Wildman–Crippen LogP) is 4.85. The molecule has 0 amide bonds. The maximum absolute atomic E-state index is 5.82. The Labute approximate surface area is 160 Å². The summed E-state index contributed by atoms with van der Waals surface area (Å²) in [6.07, 6.45) is 4.14. The fourth-order valence-electron chi connectivity index (χ4n) is 2.96. The highest BCUT2D eigenvalue weighted by Crippen LogP contribution is 2.24. The van der Waals surface area contributed by atoms with Gasteiger partial charge in [0, 0.05) is 11.1 Å². The summed E-state index contributed by atoms with van der Waals surface area (Å²) in [5.74, 6) is 1.29. The molecule has 6 nitrogen and oxygen atoms in total. The van der Waals surface area contributed by atoms with Gasteiger partial charge in [0.25, 0.3) is 0 Å². The van der Waals surface area contributed by atoms with E-state index in [0.29, 0.717) is 11.7 Å². The van der Waals surface area contributed by atoms with E-state index in [1.807, 2.05) is 60.7 Å². The largest absolute Gasteiger partial charge is 0.436 e. The van der Waals surface area contributed by atoms with Crippen molar-refractivity contribution in [2.24, 2.45) is 0 Å². The van der Waals surface area contributed by atoms with Crippen LogP contribution >= 0.6 is 0 Å². The van der Waals surface area contributed by atoms with Gasteiger partial charge < -0.3 is 4.42 Å². The number of aromatic nitrogens is 5.